The Morgan fingerprint density at radius 2 is 2.12 bits per heavy atom. The third kappa shape index (κ3) is 4.10. The number of benzene rings is 1. The maximum atomic E-state index is 12.7. The lowest BCUT2D eigenvalue weighted by molar-refractivity contribution is 0.290. The van der Waals surface area contributed by atoms with E-state index in [1.54, 1.807) is 0 Å². The Kier molecular flexibility index (Phi) is 6.49. The molecule has 0 N–H and O–H groups in total. The van der Waals surface area contributed by atoms with Crippen molar-refractivity contribution in [1.82, 2.24) is 9.88 Å². The van der Waals surface area contributed by atoms with Crippen molar-refractivity contribution in [2.45, 2.75) is 11.8 Å². The molecule has 1 saturated heterocycles. The summed E-state index contributed by atoms with van der Waals surface area (Å²) in [6.07, 6.45) is 6.97. The molecule has 0 aliphatic carbocycles. The van der Waals surface area contributed by atoms with Crippen LogP contribution in [0.1, 0.15) is 17.4 Å². The summed E-state index contributed by atoms with van der Waals surface area (Å²) < 4.78 is 13.7. The molecule has 1 aliphatic rings. The highest BCUT2D eigenvalue weighted by molar-refractivity contribution is 9.10. The van der Waals surface area contributed by atoms with Gasteiger partial charge in [0.1, 0.15) is 5.37 Å². The molecule has 0 spiro atoms. The fraction of sp³-hybridized carbons (Fsp3) is 0.389. The van der Waals surface area contributed by atoms with Gasteiger partial charge in [-0.25, -0.2) is 0 Å². The van der Waals surface area contributed by atoms with Gasteiger partial charge in [-0.2, -0.15) is 11.8 Å². The van der Waals surface area contributed by atoms with E-state index in [-0.39, 0.29) is 5.37 Å². The third-order valence-electron chi connectivity index (χ3n) is 4.23. The van der Waals surface area contributed by atoms with E-state index >= 15 is 0 Å². The summed E-state index contributed by atoms with van der Waals surface area (Å²) in [6.45, 7) is 1.90. The summed E-state index contributed by atoms with van der Waals surface area (Å²) in [5.41, 5.74) is 3.36. The molecule has 0 bridgehead atoms. The van der Waals surface area contributed by atoms with Gasteiger partial charge in [0.2, 0.25) is 0 Å². The van der Waals surface area contributed by atoms with Crippen molar-refractivity contribution in [1.29, 1.82) is 0 Å². The van der Waals surface area contributed by atoms with E-state index in [0.29, 0.717) is 0 Å². The average molecular weight is 425 g/mol. The molecule has 1 fully saturated rings. The van der Waals surface area contributed by atoms with Crippen molar-refractivity contribution in [2.24, 2.45) is 0 Å². The maximum Gasteiger partial charge on any atom is 0.114 e. The fourth-order valence-electron chi connectivity index (χ4n) is 3.08. The minimum Gasteiger partial charge on any atom is -0.285 e. The topological polar surface area (TPSA) is 33.2 Å². The molecular formula is C18H21BrN2OS2. The minimum atomic E-state index is -0.866. The molecule has 3 nitrogen and oxygen atoms in total. The van der Waals surface area contributed by atoms with Gasteiger partial charge >= 0.3 is 0 Å². The highest BCUT2D eigenvalue weighted by atomic mass is 79.9. The lowest BCUT2D eigenvalue weighted by atomic mass is 10.0. The van der Waals surface area contributed by atoms with Gasteiger partial charge < -0.3 is 0 Å². The SMILES string of the molecule is CSCCCN1CCS(=O)C1c1cnccc1-c1ccc(Br)cc1. The molecule has 24 heavy (non-hydrogen) atoms. The quantitative estimate of drug-likeness (QED) is 0.646. The molecule has 1 aromatic carbocycles. The molecule has 2 aromatic rings. The van der Waals surface area contributed by atoms with Crippen LogP contribution in [0.2, 0.25) is 0 Å². The molecule has 2 heterocycles. The summed E-state index contributed by atoms with van der Waals surface area (Å²) in [5, 5.41) is -0.0424. The smallest absolute Gasteiger partial charge is 0.114 e. The van der Waals surface area contributed by atoms with Gasteiger partial charge in [0.05, 0.1) is 0 Å². The Morgan fingerprint density at radius 3 is 2.88 bits per heavy atom. The standard InChI is InChI=1S/C18H21BrN2OS2/c1-23-11-2-9-21-10-12-24(22)18(21)17-13-20-8-7-16(17)14-3-5-15(19)6-4-14/h3-8,13,18H,2,9-12H2,1H3. The first-order valence-corrected chi connectivity index (χ1v) is 11.6. The van der Waals surface area contributed by atoms with Crippen LogP contribution >= 0.6 is 27.7 Å². The van der Waals surface area contributed by atoms with Crippen LogP contribution in [0.5, 0.6) is 0 Å². The number of nitrogens with zero attached hydrogens (tertiary/aromatic N) is 2. The zero-order valence-corrected chi connectivity index (χ0v) is 16.9. The second-order valence-electron chi connectivity index (χ2n) is 5.79. The number of hydrogen-bond donors (Lipinski definition) is 0. The van der Waals surface area contributed by atoms with Crippen molar-refractivity contribution < 1.29 is 4.21 Å². The highest BCUT2D eigenvalue weighted by Crippen LogP contribution is 2.36. The zero-order chi connectivity index (χ0) is 16.9. The molecule has 6 heteroatoms. The molecule has 2 unspecified atom stereocenters. The number of thioether (sulfide) groups is 1. The van der Waals surface area contributed by atoms with Crippen LogP contribution in [-0.4, -0.2) is 44.9 Å². The van der Waals surface area contributed by atoms with Crippen LogP contribution in [0, 0.1) is 0 Å². The van der Waals surface area contributed by atoms with Crippen molar-refractivity contribution >= 4 is 38.5 Å². The van der Waals surface area contributed by atoms with E-state index in [4.69, 9.17) is 0 Å². The van der Waals surface area contributed by atoms with Gasteiger partial charge in [-0.1, -0.05) is 28.1 Å². The zero-order valence-electron chi connectivity index (χ0n) is 13.7. The molecule has 0 amide bonds. The van der Waals surface area contributed by atoms with E-state index in [0.717, 1.165) is 52.2 Å². The minimum absolute atomic E-state index is 0.0424. The normalized spacial score (nSPS) is 21.2. The van der Waals surface area contributed by atoms with Crippen LogP contribution in [0.4, 0.5) is 0 Å². The van der Waals surface area contributed by atoms with Crippen LogP contribution in [0.25, 0.3) is 11.1 Å². The molecule has 0 radical (unpaired) electrons. The van der Waals surface area contributed by atoms with Crippen molar-refractivity contribution in [2.75, 3.05) is 30.9 Å². The number of rotatable bonds is 6. The summed E-state index contributed by atoms with van der Waals surface area (Å²) in [5.74, 6) is 1.89. The average Bonchev–Trinajstić information content (AvgIpc) is 2.96. The van der Waals surface area contributed by atoms with Gasteiger partial charge in [0, 0.05) is 52.1 Å². The Hall–Kier alpha value is -0.690. The third-order valence-corrected chi connectivity index (χ3v) is 7.09. The molecular weight excluding hydrogens is 404 g/mol. The van der Waals surface area contributed by atoms with Crippen LogP contribution in [0.3, 0.4) is 0 Å². The largest absolute Gasteiger partial charge is 0.285 e. The molecule has 2 atom stereocenters. The molecule has 1 aromatic heterocycles. The van der Waals surface area contributed by atoms with E-state index < -0.39 is 10.8 Å². The Bertz CT molecular complexity index is 708. The van der Waals surface area contributed by atoms with Gasteiger partial charge in [0.25, 0.3) is 0 Å². The lowest BCUT2D eigenvalue weighted by Gasteiger charge is -2.25. The first-order valence-electron chi connectivity index (χ1n) is 8.00. The van der Waals surface area contributed by atoms with Gasteiger partial charge in [0.15, 0.2) is 0 Å². The number of pyridine rings is 1. The van der Waals surface area contributed by atoms with Crippen molar-refractivity contribution in [3.63, 3.8) is 0 Å². The first kappa shape index (κ1) is 18.1. The molecule has 3 rings (SSSR count). The number of halogens is 1. The Labute approximate surface area is 158 Å². The molecule has 0 saturated carbocycles. The van der Waals surface area contributed by atoms with E-state index in [1.165, 1.54) is 0 Å². The Balaban J connectivity index is 1.92. The van der Waals surface area contributed by atoms with Crippen molar-refractivity contribution in [3.8, 4) is 11.1 Å². The first-order chi connectivity index (χ1) is 11.7. The van der Waals surface area contributed by atoms with E-state index in [2.05, 4.69) is 44.2 Å². The van der Waals surface area contributed by atoms with E-state index in [9.17, 15) is 4.21 Å². The van der Waals surface area contributed by atoms with E-state index in [1.807, 2.05) is 42.4 Å². The number of aromatic nitrogens is 1. The monoisotopic (exact) mass is 424 g/mol. The molecule has 128 valence electrons. The van der Waals surface area contributed by atoms with Gasteiger partial charge in [-0.3, -0.25) is 14.1 Å². The predicted molar refractivity (Wildman–Crippen MR) is 108 cm³/mol. The summed E-state index contributed by atoms with van der Waals surface area (Å²) in [6, 6.07) is 10.3. The summed E-state index contributed by atoms with van der Waals surface area (Å²) in [4.78, 5) is 6.69. The molecule has 1 aliphatic heterocycles. The van der Waals surface area contributed by atoms with Crippen LogP contribution < -0.4 is 0 Å². The second kappa shape index (κ2) is 8.61. The summed E-state index contributed by atoms with van der Waals surface area (Å²) in [7, 11) is -0.866. The van der Waals surface area contributed by atoms with Crippen LogP contribution in [0.15, 0.2) is 47.2 Å². The van der Waals surface area contributed by atoms with Crippen LogP contribution in [-0.2, 0) is 10.8 Å². The Morgan fingerprint density at radius 1 is 1.33 bits per heavy atom. The maximum absolute atomic E-state index is 12.7. The lowest BCUT2D eigenvalue weighted by Crippen LogP contribution is -2.26. The predicted octanol–water partition coefficient (Wildman–Crippen LogP) is 4.33. The van der Waals surface area contributed by atoms with Gasteiger partial charge in [-0.05, 0) is 47.8 Å². The second-order valence-corrected chi connectivity index (χ2v) is 9.31. The van der Waals surface area contributed by atoms with Crippen molar-refractivity contribution in [3.05, 3.63) is 52.8 Å². The van der Waals surface area contributed by atoms with Gasteiger partial charge in [-0.15, -0.1) is 0 Å². The highest BCUT2D eigenvalue weighted by Gasteiger charge is 2.34. The number of hydrogen-bond acceptors (Lipinski definition) is 4. The summed E-state index contributed by atoms with van der Waals surface area (Å²) >= 11 is 5.35. The fourth-order valence-corrected chi connectivity index (χ4v) is 5.41.